The van der Waals surface area contributed by atoms with Gasteiger partial charge in [0.2, 0.25) is 5.91 Å². The maximum atomic E-state index is 11.8. The Morgan fingerprint density at radius 3 is 2.41 bits per heavy atom. The third kappa shape index (κ3) is 4.92. The average molecular weight is 375 g/mol. The summed E-state index contributed by atoms with van der Waals surface area (Å²) in [6.45, 7) is 0.356. The fraction of sp³-hybridized carbons (Fsp3) is 0.0625. The number of benzene rings is 2. The summed E-state index contributed by atoms with van der Waals surface area (Å²) >= 11 is 23.6. The van der Waals surface area contributed by atoms with Crippen LogP contribution in [0.25, 0.3) is 6.08 Å². The van der Waals surface area contributed by atoms with Crippen LogP contribution < -0.4 is 5.32 Å². The van der Waals surface area contributed by atoms with Crippen molar-refractivity contribution in [3.63, 3.8) is 0 Å². The number of rotatable bonds is 4. The molecule has 0 aliphatic heterocycles. The second kappa shape index (κ2) is 7.89. The topological polar surface area (TPSA) is 29.1 Å². The van der Waals surface area contributed by atoms with Gasteiger partial charge in [0.15, 0.2) is 0 Å². The van der Waals surface area contributed by atoms with Gasteiger partial charge in [-0.15, -0.1) is 0 Å². The molecule has 0 aliphatic carbocycles. The van der Waals surface area contributed by atoms with Crippen molar-refractivity contribution in [2.75, 3.05) is 0 Å². The van der Waals surface area contributed by atoms with Crippen LogP contribution in [0.5, 0.6) is 0 Å². The van der Waals surface area contributed by atoms with Crippen LogP contribution >= 0.6 is 46.4 Å². The lowest BCUT2D eigenvalue weighted by molar-refractivity contribution is -0.116. The van der Waals surface area contributed by atoms with E-state index in [0.717, 1.165) is 11.1 Å². The van der Waals surface area contributed by atoms with Crippen LogP contribution in [-0.4, -0.2) is 5.91 Å². The third-order valence-corrected chi connectivity index (χ3v) is 4.13. The Bertz CT molecular complexity index is 728. The summed E-state index contributed by atoms with van der Waals surface area (Å²) in [6.07, 6.45) is 3.04. The van der Waals surface area contributed by atoms with E-state index in [1.807, 2.05) is 0 Å². The van der Waals surface area contributed by atoms with E-state index in [1.165, 1.54) is 6.08 Å². The van der Waals surface area contributed by atoms with Crippen molar-refractivity contribution in [2.45, 2.75) is 6.54 Å². The second-order valence-electron chi connectivity index (χ2n) is 4.47. The van der Waals surface area contributed by atoms with E-state index >= 15 is 0 Å². The van der Waals surface area contributed by atoms with E-state index in [1.54, 1.807) is 42.5 Å². The summed E-state index contributed by atoms with van der Waals surface area (Å²) in [7, 11) is 0. The molecule has 2 aromatic carbocycles. The van der Waals surface area contributed by atoms with Gasteiger partial charge in [0.05, 0.1) is 10.0 Å². The molecule has 6 heteroatoms. The molecule has 0 bridgehead atoms. The lowest BCUT2D eigenvalue weighted by Crippen LogP contribution is -2.20. The molecule has 0 saturated heterocycles. The van der Waals surface area contributed by atoms with Gasteiger partial charge in [-0.1, -0.05) is 58.5 Å². The van der Waals surface area contributed by atoms with Crippen molar-refractivity contribution in [1.82, 2.24) is 5.32 Å². The van der Waals surface area contributed by atoms with Gasteiger partial charge in [-0.05, 0) is 41.5 Å². The summed E-state index contributed by atoms with van der Waals surface area (Å²) in [4.78, 5) is 11.8. The van der Waals surface area contributed by atoms with Crippen molar-refractivity contribution in [1.29, 1.82) is 0 Å². The third-order valence-electron chi connectivity index (χ3n) is 2.83. The number of hydrogen-bond donors (Lipinski definition) is 1. The van der Waals surface area contributed by atoms with E-state index in [-0.39, 0.29) is 5.91 Å². The van der Waals surface area contributed by atoms with Gasteiger partial charge in [0.25, 0.3) is 0 Å². The minimum Gasteiger partial charge on any atom is -0.348 e. The Balaban J connectivity index is 1.95. The van der Waals surface area contributed by atoms with Gasteiger partial charge in [-0.2, -0.15) is 0 Å². The van der Waals surface area contributed by atoms with Crippen LogP contribution in [0.4, 0.5) is 0 Å². The zero-order valence-electron chi connectivity index (χ0n) is 11.2. The molecule has 0 spiro atoms. The van der Waals surface area contributed by atoms with E-state index in [2.05, 4.69) is 5.32 Å². The number of carbonyl (C=O) groups is 1. The maximum absolute atomic E-state index is 11.8. The van der Waals surface area contributed by atoms with Crippen LogP contribution in [0.1, 0.15) is 11.1 Å². The SMILES string of the molecule is O=C(C=Cc1ccc(Cl)cc1Cl)NCc1ccc(Cl)c(Cl)c1. The molecule has 114 valence electrons. The molecule has 0 atom stereocenters. The minimum atomic E-state index is -0.239. The lowest BCUT2D eigenvalue weighted by Gasteiger charge is -2.04. The predicted octanol–water partition coefficient (Wildman–Crippen LogP) is 5.63. The molecule has 1 amide bonds. The molecule has 2 nitrogen and oxygen atoms in total. The maximum Gasteiger partial charge on any atom is 0.244 e. The van der Waals surface area contributed by atoms with Gasteiger partial charge >= 0.3 is 0 Å². The monoisotopic (exact) mass is 373 g/mol. The molecule has 0 fully saturated rings. The normalized spacial score (nSPS) is 10.9. The molecule has 2 rings (SSSR count). The quantitative estimate of drug-likeness (QED) is 0.690. The molecule has 2 aromatic rings. The first-order chi connectivity index (χ1) is 10.5. The smallest absolute Gasteiger partial charge is 0.244 e. The highest BCUT2D eigenvalue weighted by Gasteiger charge is 2.02. The molecule has 0 aromatic heterocycles. The Morgan fingerprint density at radius 1 is 0.955 bits per heavy atom. The Labute approximate surface area is 148 Å². The number of nitrogens with one attached hydrogen (secondary N) is 1. The molecule has 1 N–H and O–H groups in total. The highest BCUT2D eigenvalue weighted by Crippen LogP contribution is 2.23. The molecular weight excluding hydrogens is 364 g/mol. The molecule has 22 heavy (non-hydrogen) atoms. The number of hydrogen-bond acceptors (Lipinski definition) is 1. The zero-order chi connectivity index (χ0) is 16.1. The van der Waals surface area contributed by atoms with Crippen LogP contribution in [0.3, 0.4) is 0 Å². The molecule has 0 heterocycles. The molecule has 0 unspecified atom stereocenters. The largest absolute Gasteiger partial charge is 0.348 e. The minimum absolute atomic E-state index is 0.239. The average Bonchev–Trinajstić information content (AvgIpc) is 2.47. The lowest BCUT2D eigenvalue weighted by atomic mass is 10.2. The summed E-state index contributed by atoms with van der Waals surface area (Å²) in [6, 6.07) is 10.3. The first kappa shape index (κ1) is 17.2. The van der Waals surface area contributed by atoms with Crippen molar-refractivity contribution in [2.24, 2.45) is 0 Å². The van der Waals surface area contributed by atoms with E-state index in [0.29, 0.717) is 26.6 Å². The van der Waals surface area contributed by atoms with Crippen molar-refractivity contribution < 1.29 is 4.79 Å². The second-order valence-corrected chi connectivity index (χ2v) is 6.12. The standard InChI is InChI=1S/C16H11Cl4NO/c17-12-4-2-11(14(19)8-12)3-6-16(22)21-9-10-1-5-13(18)15(20)7-10/h1-8H,9H2,(H,21,22). The Hall–Kier alpha value is -1.19. The Morgan fingerprint density at radius 2 is 1.73 bits per heavy atom. The molecule has 0 saturated carbocycles. The van der Waals surface area contributed by atoms with Crippen LogP contribution in [-0.2, 0) is 11.3 Å². The van der Waals surface area contributed by atoms with Crippen LogP contribution in [0.2, 0.25) is 20.1 Å². The zero-order valence-corrected chi connectivity index (χ0v) is 14.3. The van der Waals surface area contributed by atoms with Crippen molar-refractivity contribution >= 4 is 58.4 Å². The van der Waals surface area contributed by atoms with Gasteiger partial charge in [-0.25, -0.2) is 0 Å². The molecule has 0 aliphatic rings. The fourth-order valence-corrected chi connectivity index (χ4v) is 2.49. The highest BCUT2D eigenvalue weighted by molar-refractivity contribution is 6.42. The van der Waals surface area contributed by atoms with Gasteiger partial charge in [-0.3, -0.25) is 4.79 Å². The predicted molar refractivity (Wildman–Crippen MR) is 93.8 cm³/mol. The number of amides is 1. The van der Waals surface area contributed by atoms with Crippen molar-refractivity contribution in [3.05, 3.63) is 73.7 Å². The van der Waals surface area contributed by atoms with Gasteiger partial charge in [0, 0.05) is 22.7 Å². The van der Waals surface area contributed by atoms with E-state index in [4.69, 9.17) is 46.4 Å². The summed E-state index contributed by atoms with van der Waals surface area (Å²) in [5, 5.41) is 4.72. The first-order valence-corrected chi connectivity index (χ1v) is 7.82. The Kier molecular flexibility index (Phi) is 6.16. The van der Waals surface area contributed by atoms with Gasteiger partial charge < -0.3 is 5.32 Å². The van der Waals surface area contributed by atoms with Gasteiger partial charge in [0.1, 0.15) is 0 Å². The summed E-state index contributed by atoms with van der Waals surface area (Å²) in [5.74, 6) is -0.239. The number of carbonyl (C=O) groups excluding carboxylic acids is 1. The van der Waals surface area contributed by atoms with Crippen LogP contribution in [0.15, 0.2) is 42.5 Å². The van der Waals surface area contributed by atoms with Crippen molar-refractivity contribution in [3.8, 4) is 0 Å². The van der Waals surface area contributed by atoms with Crippen LogP contribution in [0, 0.1) is 0 Å². The number of halogens is 4. The molecule has 0 radical (unpaired) electrons. The fourth-order valence-electron chi connectivity index (χ4n) is 1.70. The summed E-state index contributed by atoms with van der Waals surface area (Å²) < 4.78 is 0. The first-order valence-electron chi connectivity index (χ1n) is 6.30. The summed E-state index contributed by atoms with van der Waals surface area (Å²) in [5.41, 5.74) is 1.58. The van der Waals surface area contributed by atoms with E-state index in [9.17, 15) is 4.79 Å². The van der Waals surface area contributed by atoms with E-state index < -0.39 is 0 Å². The highest BCUT2D eigenvalue weighted by atomic mass is 35.5. The molecular formula is C16H11Cl4NO.